The van der Waals surface area contributed by atoms with E-state index in [0.717, 1.165) is 17.4 Å². The summed E-state index contributed by atoms with van der Waals surface area (Å²) in [6, 6.07) is 0.744. The minimum Gasteiger partial charge on any atom is -0.273 e. The largest absolute Gasteiger partial charge is 0.417 e. The second kappa shape index (κ2) is 7.36. The average Bonchev–Trinajstić information content (AvgIpc) is 3.00. The summed E-state index contributed by atoms with van der Waals surface area (Å²) in [7, 11) is 0. The van der Waals surface area contributed by atoms with Gasteiger partial charge in [0, 0.05) is 17.5 Å². The molecule has 0 fully saturated rings. The maximum absolute atomic E-state index is 12.6. The quantitative estimate of drug-likeness (QED) is 0.785. The number of carbonyl (C=O) groups is 2. The van der Waals surface area contributed by atoms with E-state index in [1.54, 1.807) is 13.8 Å². The summed E-state index contributed by atoms with van der Waals surface area (Å²) in [5.74, 6) is -1.36. The van der Waals surface area contributed by atoms with Crippen LogP contribution in [0.5, 0.6) is 0 Å². The molecule has 2 rings (SSSR count). The highest BCUT2D eigenvalue weighted by molar-refractivity contribution is 7.13. The minimum atomic E-state index is -4.56. The van der Waals surface area contributed by atoms with Gasteiger partial charge in [-0.1, -0.05) is 25.4 Å². The molecule has 2 heterocycles. The van der Waals surface area contributed by atoms with E-state index in [4.69, 9.17) is 11.6 Å². The van der Waals surface area contributed by atoms with E-state index in [9.17, 15) is 22.8 Å². The molecule has 134 valence electrons. The number of thiazole rings is 1. The Morgan fingerprint density at radius 2 is 1.96 bits per heavy atom. The monoisotopic (exact) mass is 392 g/mol. The Hall–Kier alpha value is -2.20. The van der Waals surface area contributed by atoms with Crippen molar-refractivity contribution in [2.24, 2.45) is 5.92 Å². The maximum atomic E-state index is 12.6. The molecule has 2 aromatic heterocycles. The third-order valence-corrected chi connectivity index (χ3v) is 4.07. The lowest BCUT2D eigenvalue weighted by Gasteiger charge is -2.08. The lowest BCUT2D eigenvalue weighted by Crippen LogP contribution is -2.43. The Bertz CT molecular complexity index is 808. The highest BCUT2D eigenvalue weighted by Crippen LogP contribution is 2.34. The van der Waals surface area contributed by atoms with Crippen LogP contribution in [0.15, 0.2) is 17.6 Å². The van der Waals surface area contributed by atoms with Crippen LogP contribution in [-0.4, -0.2) is 21.8 Å². The number of amides is 2. The topological polar surface area (TPSA) is 84.0 Å². The predicted octanol–water partition coefficient (Wildman–Crippen LogP) is 3.29. The summed E-state index contributed by atoms with van der Waals surface area (Å²) in [5.41, 5.74) is 3.44. The number of nitrogens with zero attached hydrogens (tertiary/aromatic N) is 2. The third-order valence-electron chi connectivity index (χ3n) is 2.93. The van der Waals surface area contributed by atoms with Gasteiger partial charge in [-0.25, -0.2) is 4.98 Å². The normalized spacial score (nSPS) is 11.5. The van der Waals surface area contributed by atoms with E-state index < -0.39 is 17.6 Å². The number of halogens is 4. The van der Waals surface area contributed by atoms with Crippen molar-refractivity contribution in [3.63, 3.8) is 0 Å². The molecule has 0 radical (unpaired) electrons. The molecule has 0 saturated carbocycles. The number of pyridine rings is 1. The first-order valence-electron chi connectivity index (χ1n) is 6.88. The SMILES string of the molecule is CC(C)C(=O)NNC(=O)c1csc(-c2ncc(C(F)(F)F)cc2Cl)n1. The van der Waals surface area contributed by atoms with Crippen molar-refractivity contribution in [3.8, 4) is 10.7 Å². The Labute approximate surface area is 149 Å². The molecule has 25 heavy (non-hydrogen) atoms. The van der Waals surface area contributed by atoms with Crippen molar-refractivity contribution in [3.05, 3.63) is 33.9 Å². The van der Waals surface area contributed by atoms with E-state index in [0.29, 0.717) is 6.20 Å². The molecule has 11 heteroatoms. The Kier molecular flexibility index (Phi) is 5.63. The molecule has 6 nitrogen and oxygen atoms in total. The number of hydrazine groups is 1. The molecule has 0 unspecified atom stereocenters. The number of alkyl halides is 3. The van der Waals surface area contributed by atoms with Crippen LogP contribution in [0.25, 0.3) is 10.7 Å². The lowest BCUT2D eigenvalue weighted by atomic mass is 10.2. The van der Waals surface area contributed by atoms with Crippen molar-refractivity contribution < 1.29 is 22.8 Å². The summed E-state index contributed by atoms with van der Waals surface area (Å²) in [6.45, 7) is 3.31. The van der Waals surface area contributed by atoms with Crippen LogP contribution in [0.3, 0.4) is 0 Å². The van der Waals surface area contributed by atoms with Crippen molar-refractivity contribution in [1.29, 1.82) is 0 Å². The molecule has 2 amide bonds. The highest BCUT2D eigenvalue weighted by Gasteiger charge is 2.32. The van der Waals surface area contributed by atoms with E-state index in [2.05, 4.69) is 20.8 Å². The smallest absolute Gasteiger partial charge is 0.273 e. The third kappa shape index (κ3) is 4.67. The van der Waals surface area contributed by atoms with Crippen LogP contribution < -0.4 is 10.9 Å². The standard InChI is InChI=1S/C14H12ClF3N4O2S/c1-6(2)11(23)21-22-12(24)9-5-25-13(20-9)10-8(15)3-7(4-19-10)14(16,17)18/h3-6H,1-2H3,(H,21,23)(H,22,24). The van der Waals surface area contributed by atoms with Gasteiger partial charge in [0.1, 0.15) is 16.4 Å². The molecule has 0 aliphatic carbocycles. The number of aromatic nitrogens is 2. The minimum absolute atomic E-state index is 0.0261. The number of rotatable bonds is 3. The Balaban J connectivity index is 2.16. The van der Waals surface area contributed by atoms with Crippen LogP contribution in [-0.2, 0) is 11.0 Å². The molecule has 2 N–H and O–H groups in total. The van der Waals surface area contributed by atoms with Crippen LogP contribution >= 0.6 is 22.9 Å². The summed E-state index contributed by atoms with van der Waals surface area (Å²) in [4.78, 5) is 31.0. The zero-order chi connectivity index (χ0) is 18.8. The number of carbonyl (C=O) groups excluding carboxylic acids is 2. The van der Waals surface area contributed by atoms with E-state index in [-0.39, 0.29) is 33.2 Å². The van der Waals surface area contributed by atoms with E-state index in [1.165, 1.54) is 5.38 Å². The molecular weight excluding hydrogens is 381 g/mol. The zero-order valence-electron chi connectivity index (χ0n) is 12.9. The van der Waals surface area contributed by atoms with Crippen molar-refractivity contribution in [2.75, 3.05) is 0 Å². The summed E-state index contributed by atoms with van der Waals surface area (Å²) >= 11 is 6.83. The molecule has 0 aliphatic rings. The Morgan fingerprint density at radius 1 is 1.28 bits per heavy atom. The molecule has 0 atom stereocenters. The molecule has 0 spiro atoms. The molecule has 0 aromatic carbocycles. The number of nitrogens with one attached hydrogen (secondary N) is 2. The second-order valence-corrected chi connectivity index (χ2v) is 6.45. The highest BCUT2D eigenvalue weighted by atomic mass is 35.5. The fourth-order valence-corrected chi connectivity index (χ4v) is 2.68. The van der Waals surface area contributed by atoms with Crippen molar-refractivity contribution >= 4 is 34.8 Å². The first-order chi connectivity index (χ1) is 11.6. The predicted molar refractivity (Wildman–Crippen MR) is 85.8 cm³/mol. The van der Waals surface area contributed by atoms with Gasteiger partial charge >= 0.3 is 6.18 Å². The van der Waals surface area contributed by atoms with Gasteiger partial charge in [0.05, 0.1) is 10.6 Å². The summed E-state index contributed by atoms with van der Waals surface area (Å²) in [5, 5.41) is 1.32. The van der Waals surface area contributed by atoms with Gasteiger partial charge in [-0.15, -0.1) is 11.3 Å². The van der Waals surface area contributed by atoms with Crippen molar-refractivity contribution in [2.45, 2.75) is 20.0 Å². The molecule has 0 saturated heterocycles. The summed E-state index contributed by atoms with van der Waals surface area (Å²) < 4.78 is 37.9. The molecule has 0 aliphatic heterocycles. The van der Waals surface area contributed by atoms with Gasteiger partial charge in [-0.3, -0.25) is 25.4 Å². The van der Waals surface area contributed by atoms with Gasteiger partial charge in [0.2, 0.25) is 5.91 Å². The van der Waals surface area contributed by atoms with Gasteiger partial charge < -0.3 is 0 Å². The zero-order valence-corrected chi connectivity index (χ0v) is 14.5. The Morgan fingerprint density at radius 3 is 2.52 bits per heavy atom. The maximum Gasteiger partial charge on any atom is 0.417 e. The fraction of sp³-hybridized carbons (Fsp3) is 0.286. The summed E-state index contributed by atoms with van der Waals surface area (Å²) in [6.07, 6.45) is -3.91. The molecule has 2 aromatic rings. The van der Waals surface area contributed by atoms with Crippen molar-refractivity contribution in [1.82, 2.24) is 20.8 Å². The average molecular weight is 393 g/mol. The van der Waals surface area contributed by atoms with Crippen LogP contribution in [0.4, 0.5) is 13.2 Å². The van der Waals surface area contributed by atoms with Crippen LogP contribution in [0.2, 0.25) is 5.02 Å². The molecule has 0 bridgehead atoms. The lowest BCUT2D eigenvalue weighted by molar-refractivity contribution is -0.137. The first kappa shape index (κ1) is 19.1. The van der Waals surface area contributed by atoms with Crippen LogP contribution in [0, 0.1) is 5.92 Å². The fourth-order valence-electron chi connectivity index (χ4n) is 1.56. The van der Waals surface area contributed by atoms with Gasteiger partial charge in [0.25, 0.3) is 5.91 Å². The van der Waals surface area contributed by atoms with E-state index >= 15 is 0 Å². The first-order valence-corrected chi connectivity index (χ1v) is 8.14. The van der Waals surface area contributed by atoms with E-state index in [1.807, 2.05) is 0 Å². The van der Waals surface area contributed by atoms with Gasteiger partial charge in [-0.2, -0.15) is 13.2 Å². The number of hydrogen-bond donors (Lipinski definition) is 2. The van der Waals surface area contributed by atoms with Gasteiger partial charge in [-0.05, 0) is 6.07 Å². The van der Waals surface area contributed by atoms with Gasteiger partial charge in [0.15, 0.2) is 0 Å². The number of hydrogen-bond acceptors (Lipinski definition) is 5. The second-order valence-electron chi connectivity index (χ2n) is 5.19. The molecular formula is C14H12ClF3N4O2S. The van der Waals surface area contributed by atoms with Crippen LogP contribution in [0.1, 0.15) is 29.9 Å².